The van der Waals surface area contributed by atoms with Crippen LogP contribution in [-0.4, -0.2) is 29.9 Å². The second kappa shape index (κ2) is 3.48. The van der Waals surface area contributed by atoms with E-state index in [1.165, 1.54) is 36.6 Å². The van der Waals surface area contributed by atoms with E-state index in [4.69, 9.17) is 0 Å². The van der Waals surface area contributed by atoms with Crippen LogP contribution in [0.1, 0.15) is 19.3 Å². The van der Waals surface area contributed by atoms with Crippen LogP contribution in [0.4, 0.5) is 0 Å². The monoisotopic (exact) mass is 170 g/mol. The van der Waals surface area contributed by atoms with Gasteiger partial charge in [-0.3, -0.25) is 4.99 Å². The quantitative estimate of drug-likeness (QED) is 0.641. The molecule has 2 nitrogen and oxygen atoms in total. The molecule has 0 aromatic carbocycles. The zero-order valence-electron chi connectivity index (χ0n) is 6.68. The molecule has 0 bridgehead atoms. The Labute approximate surface area is 71.9 Å². The zero-order chi connectivity index (χ0) is 7.52. The van der Waals surface area contributed by atoms with Crippen LogP contribution in [0.2, 0.25) is 0 Å². The number of nitrogens with zero attached hydrogens (tertiary/aromatic N) is 1. The number of hydrogen-bond acceptors (Lipinski definition) is 3. The van der Waals surface area contributed by atoms with Crippen molar-refractivity contribution in [3.8, 4) is 0 Å². The van der Waals surface area contributed by atoms with Gasteiger partial charge >= 0.3 is 0 Å². The van der Waals surface area contributed by atoms with Crippen molar-refractivity contribution in [1.29, 1.82) is 0 Å². The molecule has 0 radical (unpaired) electrons. The van der Waals surface area contributed by atoms with Crippen LogP contribution in [0.5, 0.6) is 0 Å². The lowest BCUT2D eigenvalue weighted by molar-refractivity contribution is 0.673. The summed E-state index contributed by atoms with van der Waals surface area (Å²) in [4.78, 5) is 4.40. The number of hydrogen-bond donors (Lipinski definition) is 1. The molecule has 1 atom stereocenters. The Balaban J connectivity index is 1.79. The molecular weight excluding hydrogens is 156 g/mol. The molecule has 1 fully saturated rings. The summed E-state index contributed by atoms with van der Waals surface area (Å²) in [5, 5.41) is 3.51. The van der Waals surface area contributed by atoms with Gasteiger partial charge in [-0.25, -0.2) is 0 Å². The molecule has 1 unspecified atom stereocenters. The Kier molecular flexibility index (Phi) is 2.36. The maximum absolute atomic E-state index is 4.40. The summed E-state index contributed by atoms with van der Waals surface area (Å²) in [6.07, 6.45) is 3.76. The van der Waals surface area contributed by atoms with Crippen molar-refractivity contribution in [2.45, 2.75) is 25.3 Å². The second-order valence-corrected chi connectivity index (χ2v) is 4.29. The van der Waals surface area contributed by atoms with Gasteiger partial charge in [0.25, 0.3) is 0 Å². The highest BCUT2D eigenvalue weighted by Gasteiger charge is 2.17. The van der Waals surface area contributed by atoms with Gasteiger partial charge in [0.05, 0.1) is 5.84 Å². The first-order chi connectivity index (χ1) is 5.45. The van der Waals surface area contributed by atoms with Crippen molar-refractivity contribution in [2.75, 3.05) is 18.1 Å². The standard InChI is InChI=1S/C8H14N2S/c1-2-8(9-4-1)10-7-3-5-11-6-7/h7H,1-6H2,(H,9,10). The summed E-state index contributed by atoms with van der Waals surface area (Å²) >= 11 is 2.05. The van der Waals surface area contributed by atoms with Gasteiger partial charge in [0.2, 0.25) is 0 Å². The topological polar surface area (TPSA) is 24.4 Å². The van der Waals surface area contributed by atoms with E-state index in [9.17, 15) is 0 Å². The minimum atomic E-state index is 0.719. The number of rotatable bonds is 1. The molecule has 1 saturated heterocycles. The van der Waals surface area contributed by atoms with Crippen LogP contribution in [0.3, 0.4) is 0 Å². The van der Waals surface area contributed by atoms with Crippen molar-refractivity contribution < 1.29 is 0 Å². The van der Waals surface area contributed by atoms with Crippen molar-refractivity contribution in [3.05, 3.63) is 0 Å². The van der Waals surface area contributed by atoms with E-state index >= 15 is 0 Å². The van der Waals surface area contributed by atoms with Crippen LogP contribution in [0, 0.1) is 0 Å². The van der Waals surface area contributed by atoms with Gasteiger partial charge in [0.15, 0.2) is 0 Å². The summed E-state index contributed by atoms with van der Waals surface area (Å²) in [6, 6.07) is 0.719. The van der Waals surface area contributed by atoms with Gasteiger partial charge in [-0.1, -0.05) is 0 Å². The average Bonchev–Trinajstić information content (AvgIpc) is 2.60. The van der Waals surface area contributed by atoms with Gasteiger partial charge < -0.3 is 5.32 Å². The molecule has 0 saturated carbocycles. The number of aliphatic imine (C=N–C) groups is 1. The van der Waals surface area contributed by atoms with E-state index in [1.54, 1.807) is 0 Å². The van der Waals surface area contributed by atoms with Gasteiger partial charge in [-0.2, -0.15) is 11.8 Å². The Morgan fingerprint density at radius 2 is 2.55 bits per heavy atom. The molecule has 1 N–H and O–H groups in total. The van der Waals surface area contributed by atoms with Crippen LogP contribution < -0.4 is 5.32 Å². The van der Waals surface area contributed by atoms with E-state index < -0.39 is 0 Å². The minimum absolute atomic E-state index is 0.719. The number of nitrogens with one attached hydrogen (secondary N) is 1. The van der Waals surface area contributed by atoms with E-state index in [0.717, 1.165) is 12.6 Å². The lowest BCUT2D eigenvalue weighted by Crippen LogP contribution is -2.33. The van der Waals surface area contributed by atoms with Gasteiger partial charge in [-0.05, 0) is 18.6 Å². The normalized spacial score (nSPS) is 30.5. The van der Waals surface area contributed by atoms with Gasteiger partial charge in [-0.15, -0.1) is 0 Å². The first-order valence-electron chi connectivity index (χ1n) is 4.33. The van der Waals surface area contributed by atoms with Crippen molar-refractivity contribution in [2.24, 2.45) is 4.99 Å². The third-order valence-corrected chi connectivity index (χ3v) is 3.34. The van der Waals surface area contributed by atoms with Crippen LogP contribution >= 0.6 is 11.8 Å². The highest BCUT2D eigenvalue weighted by atomic mass is 32.2. The van der Waals surface area contributed by atoms with E-state index in [-0.39, 0.29) is 0 Å². The Bertz CT molecular complexity index is 161. The molecule has 2 heterocycles. The van der Waals surface area contributed by atoms with Gasteiger partial charge in [0, 0.05) is 24.8 Å². The van der Waals surface area contributed by atoms with E-state index in [0.29, 0.717) is 0 Å². The fourth-order valence-corrected chi connectivity index (χ4v) is 2.69. The Hall–Kier alpha value is -0.180. The summed E-state index contributed by atoms with van der Waals surface area (Å²) in [7, 11) is 0. The first kappa shape index (κ1) is 7.47. The highest BCUT2D eigenvalue weighted by molar-refractivity contribution is 7.99. The predicted molar refractivity (Wildman–Crippen MR) is 50.4 cm³/mol. The minimum Gasteiger partial charge on any atom is -0.370 e. The fraction of sp³-hybridized carbons (Fsp3) is 0.875. The molecule has 3 heteroatoms. The smallest absolute Gasteiger partial charge is 0.0966 e. The highest BCUT2D eigenvalue weighted by Crippen LogP contribution is 2.17. The van der Waals surface area contributed by atoms with Crippen molar-refractivity contribution >= 4 is 17.6 Å². The summed E-state index contributed by atoms with van der Waals surface area (Å²) < 4.78 is 0. The molecule has 2 aliphatic rings. The molecule has 62 valence electrons. The number of amidine groups is 1. The predicted octanol–water partition coefficient (Wildman–Crippen LogP) is 1.27. The molecule has 2 aliphatic heterocycles. The van der Waals surface area contributed by atoms with Crippen molar-refractivity contribution in [1.82, 2.24) is 5.32 Å². The molecule has 0 aromatic heterocycles. The summed E-state index contributed by atoms with van der Waals surface area (Å²) in [5.74, 6) is 3.86. The molecule has 11 heavy (non-hydrogen) atoms. The van der Waals surface area contributed by atoms with E-state index in [2.05, 4.69) is 10.3 Å². The van der Waals surface area contributed by atoms with Crippen molar-refractivity contribution in [3.63, 3.8) is 0 Å². The maximum atomic E-state index is 4.40. The first-order valence-corrected chi connectivity index (χ1v) is 5.48. The van der Waals surface area contributed by atoms with Crippen LogP contribution in [-0.2, 0) is 0 Å². The van der Waals surface area contributed by atoms with Crippen LogP contribution in [0.15, 0.2) is 4.99 Å². The zero-order valence-corrected chi connectivity index (χ0v) is 7.49. The summed E-state index contributed by atoms with van der Waals surface area (Å²) in [5.41, 5.74) is 0. The maximum Gasteiger partial charge on any atom is 0.0966 e. The van der Waals surface area contributed by atoms with E-state index in [1.807, 2.05) is 11.8 Å². The average molecular weight is 170 g/mol. The molecule has 0 amide bonds. The second-order valence-electron chi connectivity index (χ2n) is 3.14. The molecule has 0 spiro atoms. The lowest BCUT2D eigenvalue weighted by atomic mass is 10.2. The third-order valence-electron chi connectivity index (χ3n) is 2.17. The Morgan fingerprint density at radius 1 is 1.55 bits per heavy atom. The van der Waals surface area contributed by atoms with Gasteiger partial charge in [0.1, 0.15) is 0 Å². The SMILES string of the molecule is C1CN=C(NC2CCSC2)C1. The third kappa shape index (κ3) is 1.89. The molecule has 0 aromatic rings. The molecule has 2 rings (SSSR count). The largest absolute Gasteiger partial charge is 0.370 e. The lowest BCUT2D eigenvalue weighted by Gasteiger charge is -2.11. The molecular formula is C8H14N2S. The Morgan fingerprint density at radius 3 is 3.18 bits per heavy atom. The molecule has 0 aliphatic carbocycles. The fourth-order valence-electron chi connectivity index (χ4n) is 1.54. The van der Waals surface area contributed by atoms with Crippen LogP contribution in [0.25, 0.3) is 0 Å². The number of thioether (sulfide) groups is 1. The summed E-state index contributed by atoms with van der Waals surface area (Å²) in [6.45, 7) is 1.04.